The van der Waals surface area contributed by atoms with Gasteiger partial charge in [0.25, 0.3) is 0 Å². The number of rotatable bonds is 3. The molecule has 0 aromatic heterocycles. The number of Topliss-reactive ketones (excluding diaryl/α,β-unsaturated/α-hetero) is 1. The van der Waals surface area contributed by atoms with E-state index in [9.17, 15) is 13.2 Å². The molecule has 24 heavy (non-hydrogen) atoms. The SMILES string of the molecule is COc1ccc2c(c1)CCN(S(=O)(=O)c1ccc(C)cc1)CC2=O. The molecule has 2 aromatic rings. The molecule has 3 rings (SSSR count). The van der Waals surface area contributed by atoms with Gasteiger partial charge in [0.15, 0.2) is 5.78 Å². The molecule has 5 nitrogen and oxygen atoms in total. The largest absolute Gasteiger partial charge is 0.497 e. The number of sulfonamides is 1. The first-order valence-electron chi connectivity index (χ1n) is 7.69. The molecule has 0 fully saturated rings. The summed E-state index contributed by atoms with van der Waals surface area (Å²) in [6, 6.07) is 11.9. The average molecular weight is 345 g/mol. The number of ketones is 1. The lowest BCUT2D eigenvalue weighted by Gasteiger charge is -2.19. The third kappa shape index (κ3) is 3.07. The summed E-state index contributed by atoms with van der Waals surface area (Å²) >= 11 is 0. The third-order valence-corrected chi connectivity index (χ3v) is 6.08. The first-order chi connectivity index (χ1) is 11.4. The van der Waals surface area contributed by atoms with Gasteiger partial charge < -0.3 is 4.74 Å². The minimum atomic E-state index is -3.69. The maximum absolute atomic E-state index is 12.8. The van der Waals surface area contributed by atoms with Crippen LogP contribution in [0, 0.1) is 6.92 Å². The number of benzene rings is 2. The summed E-state index contributed by atoms with van der Waals surface area (Å²) in [6.45, 7) is 2.02. The van der Waals surface area contributed by atoms with Gasteiger partial charge in [-0.2, -0.15) is 4.31 Å². The topological polar surface area (TPSA) is 63.7 Å². The molecule has 0 aliphatic carbocycles. The van der Waals surface area contributed by atoms with Crippen molar-refractivity contribution >= 4 is 15.8 Å². The van der Waals surface area contributed by atoms with Crippen molar-refractivity contribution in [1.82, 2.24) is 4.31 Å². The monoisotopic (exact) mass is 345 g/mol. The number of nitrogens with zero attached hydrogens (tertiary/aromatic N) is 1. The van der Waals surface area contributed by atoms with Gasteiger partial charge in [-0.15, -0.1) is 0 Å². The second kappa shape index (κ2) is 6.37. The molecule has 0 saturated carbocycles. The number of aryl methyl sites for hydroxylation is 1. The highest BCUT2D eigenvalue weighted by molar-refractivity contribution is 7.89. The van der Waals surface area contributed by atoms with Gasteiger partial charge in [0.1, 0.15) is 5.75 Å². The molecule has 6 heteroatoms. The number of hydrogen-bond donors (Lipinski definition) is 0. The molecule has 1 heterocycles. The Morgan fingerprint density at radius 1 is 1.08 bits per heavy atom. The molecular weight excluding hydrogens is 326 g/mol. The van der Waals surface area contributed by atoms with Crippen LogP contribution in [0.3, 0.4) is 0 Å². The third-order valence-electron chi connectivity index (χ3n) is 4.22. The van der Waals surface area contributed by atoms with E-state index in [1.165, 1.54) is 4.31 Å². The van der Waals surface area contributed by atoms with Gasteiger partial charge in [-0.1, -0.05) is 17.7 Å². The van der Waals surface area contributed by atoms with Gasteiger partial charge in [-0.25, -0.2) is 8.42 Å². The van der Waals surface area contributed by atoms with Crippen LogP contribution in [0.15, 0.2) is 47.4 Å². The highest BCUT2D eigenvalue weighted by Crippen LogP contribution is 2.25. The van der Waals surface area contributed by atoms with Gasteiger partial charge in [-0.05, 0) is 49.2 Å². The van der Waals surface area contributed by atoms with Crippen LogP contribution in [-0.4, -0.2) is 38.7 Å². The van der Waals surface area contributed by atoms with Crippen molar-refractivity contribution in [3.8, 4) is 5.75 Å². The number of carbonyl (C=O) groups excluding carboxylic acids is 1. The fourth-order valence-corrected chi connectivity index (χ4v) is 4.21. The molecule has 0 spiro atoms. The summed E-state index contributed by atoms with van der Waals surface area (Å²) in [5.41, 5.74) is 2.37. The van der Waals surface area contributed by atoms with Crippen LogP contribution in [0.2, 0.25) is 0 Å². The lowest BCUT2D eigenvalue weighted by molar-refractivity contribution is 0.0971. The zero-order chi connectivity index (χ0) is 17.3. The molecule has 0 radical (unpaired) electrons. The van der Waals surface area contributed by atoms with E-state index in [0.717, 1.165) is 11.1 Å². The number of carbonyl (C=O) groups is 1. The van der Waals surface area contributed by atoms with E-state index < -0.39 is 10.0 Å². The Morgan fingerprint density at radius 2 is 1.79 bits per heavy atom. The van der Waals surface area contributed by atoms with Crippen molar-refractivity contribution < 1.29 is 17.9 Å². The molecule has 126 valence electrons. The molecule has 0 unspecified atom stereocenters. The zero-order valence-electron chi connectivity index (χ0n) is 13.7. The predicted molar refractivity (Wildman–Crippen MR) is 91.0 cm³/mol. The first kappa shape index (κ1) is 16.7. The Labute approximate surface area is 141 Å². The van der Waals surface area contributed by atoms with Crippen LogP contribution >= 0.6 is 0 Å². The van der Waals surface area contributed by atoms with E-state index in [2.05, 4.69) is 0 Å². The van der Waals surface area contributed by atoms with Gasteiger partial charge in [-0.3, -0.25) is 4.79 Å². The summed E-state index contributed by atoms with van der Waals surface area (Å²) in [5, 5.41) is 0. The summed E-state index contributed by atoms with van der Waals surface area (Å²) in [7, 11) is -2.12. The lowest BCUT2D eigenvalue weighted by Crippen LogP contribution is -2.35. The highest BCUT2D eigenvalue weighted by atomic mass is 32.2. The number of ether oxygens (including phenoxy) is 1. The van der Waals surface area contributed by atoms with Crippen LogP contribution in [0.1, 0.15) is 21.5 Å². The van der Waals surface area contributed by atoms with E-state index in [4.69, 9.17) is 4.74 Å². The highest BCUT2D eigenvalue weighted by Gasteiger charge is 2.30. The zero-order valence-corrected chi connectivity index (χ0v) is 14.5. The van der Waals surface area contributed by atoms with Crippen molar-refractivity contribution in [1.29, 1.82) is 0 Å². The van der Waals surface area contributed by atoms with Crippen molar-refractivity contribution in [3.63, 3.8) is 0 Å². The van der Waals surface area contributed by atoms with Crippen LogP contribution < -0.4 is 4.74 Å². The van der Waals surface area contributed by atoms with Crippen LogP contribution in [0.5, 0.6) is 5.75 Å². The molecule has 2 aromatic carbocycles. The molecule has 1 aliphatic rings. The van der Waals surface area contributed by atoms with Crippen molar-refractivity contribution in [3.05, 3.63) is 59.2 Å². The smallest absolute Gasteiger partial charge is 0.243 e. The van der Waals surface area contributed by atoms with E-state index >= 15 is 0 Å². The summed E-state index contributed by atoms with van der Waals surface area (Å²) in [5.74, 6) is 0.470. The number of fused-ring (bicyclic) bond motifs is 1. The Morgan fingerprint density at radius 3 is 2.46 bits per heavy atom. The quantitative estimate of drug-likeness (QED) is 0.857. The molecule has 0 bridgehead atoms. The summed E-state index contributed by atoms with van der Waals surface area (Å²) in [6.07, 6.45) is 0.476. The van der Waals surface area contributed by atoms with Gasteiger partial charge >= 0.3 is 0 Å². The predicted octanol–water partition coefficient (Wildman–Crippen LogP) is 2.43. The minimum absolute atomic E-state index is 0.143. The summed E-state index contributed by atoms with van der Waals surface area (Å²) in [4.78, 5) is 12.7. The van der Waals surface area contributed by atoms with E-state index in [1.807, 2.05) is 6.92 Å². The molecule has 0 saturated heterocycles. The van der Waals surface area contributed by atoms with E-state index in [0.29, 0.717) is 17.7 Å². The Hall–Kier alpha value is -2.18. The van der Waals surface area contributed by atoms with Crippen molar-refractivity contribution in [2.24, 2.45) is 0 Å². The average Bonchev–Trinajstić information content (AvgIpc) is 2.74. The van der Waals surface area contributed by atoms with E-state index in [-0.39, 0.29) is 23.8 Å². The van der Waals surface area contributed by atoms with Crippen LogP contribution in [0.4, 0.5) is 0 Å². The fourth-order valence-electron chi connectivity index (χ4n) is 2.81. The molecule has 0 N–H and O–H groups in total. The van der Waals surface area contributed by atoms with E-state index in [1.54, 1.807) is 49.6 Å². The number of hydrogen-bond acceptors (Lipinski definition) is 4. The minimum Gasteiger partial charge on any atom is -0.497 e. The maximum Gasteiger partial charge on any atom is 0.243 e. The Bertz CT molecular complexity index is 872. The summed E-state index contributed by atoms with van der Waals surface area (Å²) < 4.78 is 32.1. The standard InChI is InChI=1S/C18H19NO4S/c1-13-3-6-16(7-4-13)24(21,22)19-10-9-14-11-15(23-2)5-8-17(14)18(20)12-19/h3-8,11H,9-10,12H2,1-2H3. The Balaban J connectivity index is 1.92. The first-order valence-corrected chi connectivity index (χ1v) is 9.13. The van der Waals surface area contributed by atoms with Gasteiger partial charge in [0, 0.05) is 12.1 Å². The van der Waals surface area contributed by atoms with Gasteiger partial charge in [0.2, 0.25) is 10.0 Å². The van der Waals surface area contributed by atoms with Crippen molar-refractivity contribution in [2.75, 3.05) is 20.2 Å². The second-order valence-corrected chi connectivity index (χ2v) is 7.79. The lowest BCUT2D eigenvalue weighted by atomic mass is 10.0. The fraction of sp³-hybridized carbons (Fsp3) is 0.278. The maximum atomic E-state index is 12.8. The Kier molecular flexibility index (Phi) is 4.43. The molecule has 1 aliphatic heterocycles. The number of methoxy groups -OCH3 is 1. The molecule has 0 atom stereocenters. The van der Waals surface area contributed by atoms with Crippen LogP contribution in [0.25, 0.3) is 0 Å². The van der Waals surface area contributed by atoms with Gasteiger partial charge in [0.05, 0.1) is 18.6 Å². The van der Waals surface area contributed by atoms with Crippen LogP contribution in [-0.2, 0) is 16.4 Å². The normalized spacial score (nSPS) is 15.7. The molecular formula is C18H19NO4S. The van der Waals surface area contributed by atoms with Crippen molar-refractivity contribution in [2.45, 2.75) is 18.2 Å². The second-order valence-electron chi connectivity index (χ2n) is 5.85. The molecule has 0 amide bonds.